The van der Waals surface area contributed by atoms with Crippen LogP contribution in [0.3, 0.4) is 0 Å². The Kier molecular flexibility index (Phi) is 3.30. The highest BCUT2D eigenvalue weighted by Crippen LogP contribution is 2.35. The Morgan fingerprint density at radius 3 is 2.95 bits per heavy atom. The Morgan fingerprint density at radius 2 is 2.25 bits per heavy atom. The average Bonchev–Trinajstić information content (AvgIpc) is 3.16. The van der Waals surface area contributed by atoms with Gasteiger partial charge in [-0.1, -0.05) is 11.6 Å². The number of rotatable bonds is 5. The molecule has 0 aliphatic heterocycles. The number of aromatic nitrogens is 2. The zero-order valence-corrected chi connectivity index (χ0v) is 11.8. The van der Waals surface area contributed by atoms with Crippen LogP contribution in [0.5, 0.6) is 5.75 Å². The summed E-state index contributed by atoms with van der Waals surface area (Å²) < 4.78 is 8.00. The molecule has 4 heteroatoms. The zero-order chi connectivity index (χ0) is 14.1. The number of ether oxygens (including phenoxy) is 1. The Bertz CT molecular complexity index is 642. The summed E-state index contributed by atoms with van der Waals surface area (Å²) in [6.07, 6.45) is 6.12. The van der Waals surface area contributed by atoms with Gasteiger partial charge in [0.1, 0.15) is 12.4 Å². The smallest absolute Gasteiger partial charge is 0.163 e. The number of hydrogen-bond donors (Lipinski definition) is 0. The molecule has 1 aromatic heterocycles. The van der Waals surface area contributed by atoms with Crippen molar-refractivity contribution in [1.82, 2.24) is 9.55 Å². The van der Waals surface area contributed by atoms with E-state index in [1.807, 2.05) is 37.6 Å². The number of nitrogens with zero attached hydrogens (tertiary/aromatic N) is 2. The quantitative estimate of drug-likeness (QED) is 0.783. The van der Waals surface area contributed by atoms with E-state index < -0.39 is 0 Å². The van der Waals surface area contributed by atoms with Crippen molar-refractivity contribution in [3.63, 3.8) is 0 Å². The van der Waals surface area contributed by atoms with Gasteiger partial charge in [0.05, 0.1) is 23.8 Å². The lowest BCUT2D eigenvalue weighted by Crippen LogP contribution is -2.06. The van der Waals surface area contributed by atoms with Gasteiger partial charge < -0.3 is 9.30 Å². The lowest BCUT2D eigenvalue weighted by Gasteiger charge is -2.12. The van der Waals surface area contributed by atoms with E-state index >= 15 is 0 Å². The van der Waals surface area contributed by atoms with Crippen LogP contribution < -0.4 is 4.74 Å². The number of benzene rings is 1. The van der Waals surface area contributed by atoms with Gasteiger partial charge in [0.2, 0.25) is 0 Å². The van der Waals surface area contributed by atoms with E-state index in [4.69, 9.17) is 4.74 Å². The van der Waals surface area contributed by atoms with E-state index in [9.17, 15) is 4.79 Å². The zero-order valence-electron chi connectivity index (χ0n) is 11.8. The predicted molar refractivity (Wildman–Crippen MR) is 76.0 cm³/mol. The molecule has 4 nitrogen and oxygen atoms in total. The van der Waals surface area contributed by atoms with Gasteiger partial charge >= 0.3 is 0 Å². The molecule has 20 heavy (non-hydrogen) atoms. The molecule has 0 atom stereocenters. The van der Waals surface area contributed by atoms with Crippen LogP contribution in [0.15, 0.2) is 30.7 Å². The summed E-state index contributed by atoms with van der Waals surface area (Å²) in [6.45, 7) is 3.98. The topological polar surface area (TPSA) is 44.1 Å². The third-order valence-corrected chi connectivity index (χ3v) is 3.58. The normalized spacial score (nSPS) is 14.3. The van der Waals surface area contributed by atoms with E-state index in [2.05, 4.69) is 9.55 Å². The average molecular weight is 270 g/mol. The summed E-state index contributed by atoms with van der Waals surface area (Å²) in [4.78, 5) is 15.9. The Morgan fingerprint density at radius 1 is 1.45 bits per heavy atom. The number of aryl methyl sites for hydroxylation is 1. The third kappa shape index (κ3) is 2.59. The van der Waals surface area contributed by atoms with E-state index in [-0.39, 0.29) is 5.78 Å². The van der Waals surface area contributed by atoms with Gasteiger partial charge in [0.25, 0.3) is 0 Å². The summed E-state index contributed by atoms with van der Waals surface area (Å²) in [7, 11) is 0. The second-order valence-corrected chi connectivity index (χ2v) is 5.37. The second kappa shape index (κ2) is 5.12. The maximum Gasteiger partial charge on any atom is 0.163 e. The van der Waals surface area contributed by atoms with Gasteiger partial charge in [-0.25, -0.2) is 4.98 Å². The fraction of sp³-hybridized carbons (Fsp3) is 0.375. The predicted octanol–water partition coefficient (Wildman–Crippen LogP) is 3.31. The van der Waals surface area contributed by atoms with Gasteiger partial charge in [0.15, 0.2) is 5.78 Å². The number of hydrogen-bond acceptors (Lipinski definition) is 3. The van der Waals surface area contributed by atoms with Gasteiger partial charge in [-0.05, 0) is 38.8 Å². The SMILES string of the molecule is CC(=O)c1cc(C)ccc1OCc1cncn1C1CC1. The number of carbonyl (C=O) groups excluding carboxylic acids is 1. The van der Waals surface area contributed by atoms with Crippen LogP contribution in [0.25, 0.3) is 0 Å². The van der Waals surface area contributed by atoms with Crippen molar-refractivity contribution >= 4 is 5.78 Å². The summed E-state index contributed by atoms with van der Waals surface area (Å²) >= 11 is 0. The Balaban J connectivity index is 1.78. The summed E-state index contributed by atoms with van der Waals surface area (Å²) in [5.74, 6) is 0.672. The Labute approximate surface area is 118 Å². The van der Waals surface area contributed by atoms with Crippen molar-refractivity contribution in [2.24, 2.45) is 0 Å². The molecule has 2 aromatic rings. The van der Waals surface area contributed by atoms with Crippen molar-refractivity contribution in [2.75, 3.05) is 0 Å². The van der Waals surface area contributed by atoms with E-state index in [1.54, 1.807) is 6.92 Å². The maximum absolute atomic E-state index is 11.7. The fourth-order valence-corrected chi connectivity index (χ4v) is 2.32. The van der Waals surface area contributed by atoms with Crippen LogP contribution in [0.2, 0.25) is 0 Å². The fourth-order valence-electron chi connectivity index (χ4n) is 2.32. The molecule has 1 fully saturated rings. The molecule has 0 spiro atoms. The molecule has 0 bridgehead atoms. The molecule has 1 aliphatic rings. The standard InChI is InChI=1S/C16H18N2O2/c1-11-3-6-16(15(7-11)12(2)19)20-9-14-8-17-10-18(14)13-4-5-13/h3,6-8,10,13H,4-5,9H2,1-2H3. The molecule has 1 aromatic carbocycles. The molecule has 3 rings (SSSR count). The van der Waals surface area contributed by atoms with E-state index in [0.717, 1.165) is 11.3 Å². The number of ketones is 1. The first kappa shape index (κ1) is 12.9. The molecule has 0 unspecified atom stereocenters. The van der Waals surface area contributed by atoms with Crippen molar-refractivity contribution in [2.45, 2.75) is 39.3 Å². The largest absolute Gasteiger partial charge is 0.487 e. The van der Waals surface area contributed by atoms with Gasteiger partial charge in [0, 0.05) is 6.04 Å². The second-order valence-electron chi connectivity index (χ2n) is 5.37. The molecule has 1 saturated carbocycles. The van der Waals surface area contributed by atoms with Crippen molar-refractivity contribution < 1.29 is 9.53 Å². The van der Waals surface area contributed by atoms with Crippen LogP contribution in [0.4, 0.5) is 0 Å². The van der Waals surface area contributed by atoms with E-state index in [1.165, 1.54) is 12.8 Å². The Hall–Kier alpha value is -2.10. The monoisotopic (exact) mass is 270 g/mol. The minimum atomic E-state index is 0.0272. The molecule has 104 valence electrons. The third-order valence-electron chi connectivity index (χ3n) is 3.58. The first-order chi connectivity index (χ1) is 9.65. The van der Waals surface area contributed by atoms with Crippen LogP contribution in [-0.4, -0.2) is 15.3 Å². The molecule has 0 N–H and O–H groups in total. The molecular weight excluding hydrogens is 252 g/mol. The number of imidazole rings is 1. The number of Topliss-reactive ketones (excluding diaryl/α,β-unsaturated/α-hetero) is 1. The first-order valence-corrected chi connectivity index (χ1v) is 6.90. The van der Waals surface area contributed by atoms with Gasteiger partial charge in [-0.2, -0.15) is 0 Å². The van der Waals surface area contributed by atoms with Gasteiger partial charge in [-0.15, -0.1) is 0 Å². The molecule has 0 saturated heterocycles. The molecule has 1 aliphatic carbocycles. The van der Waals surface area contributed by atoms with E-state index in [0.29, 0.717) is 24.0 Å². The lowest BCUT2D eigenvalue weighted by molar-refractivity contribution is 0.101. The minimum absolute atomic E-state index is 0.0272. The molecule has 1 heterocycles. The summed E-state index contributed by atoms with van der Waals surface area (Å²) in [6, 6.07) is 6.28. The first-order valence-electron chi connectivity index (χ1n) is 6.90. The van der Waals surface area contributed by atoms with Crippen LogP contribution in [-0.2, 0) is 6.61 Å². The summed E-state index contributed by atoms with van der Waals surface area (Å²) in [5, 5.41) is 0. The van der Waals surface area contributed by atoms with Crippen LogP contribution in [0, 0.1) is 6.92 Å². The maximum atomic E-state index is 11.7. The lowest BCUT2D eigenvalue weighted by atomic mass is 10.1. The molecule has 0 amide bonds. The molecular formula is C16H18N2O2. The minimum Gasteiger partial charge on any atom is -0.487 e. The van der Waals surface area contributed by atoms with Crippen LogP contribution >= 0.6 is 0 Å². The van der Waals surface area contributed by atoms with Crippen LogP contribution in [0.1, 0.15) is 47.4 Å². The molecule has 0 radical (unpaired) electrons. The van der Waals surface area contributed by atoms with Crippen molar-refractivity contribution in [1.29, 1.82) is 0 Å². The highest BCUT2D eigenvalue weighted by molar-refractivity contribution is 5.97. The van der Waals surface area contributed by atoms with Crippen molar-refractivity contribution in [3.05, 3.63) is 47.5 Å². The highest BCUT2D eigenvalue weighted by atomic mass is 16.5. The number of carbonyl (C=O) groups is 1. The summed E-state index contributed by atoms with van der Waals surface area (Å²) in [5.41, 5.74) is 2.76. The van der Waals surface area contributed by atoms with Gasteiger partial charge in [-0.3, -0.25) is 4.79 Å². The van der Waals surface area contributed by atoms with Crippen molar-refractivity contribution in [3.8, 4) is 5.75 Å². The highest BCUT2D eigenvalue weighted by Gasteiger charge is 2.25.